The Morgan fingerprint density at radius 3 is 2.52 bits per heavy atom. The van der Waals surface area contributed by atoms with E-state index >= 15 is 0 Å². The molecule has 0 aliphatic carbocycles. The van der Waals surface area contributed by atoms with Crippen molar-refractivity contribution in [2.24, 2.45) is 0 Å². The number of anilines is 1. The first-order valence-corrected chi connectivity index (χ1v) is 9.38. The molecule has 0 unspecified atom stereocenters. The van der Waals surface area contributed by atoms with Gasteiger partial charge in [-0.3, -0.25) is 9.36 Å². The highest BCUT2D eigenvalue weighted by Gasteiger charge is 2.22. The van der Waals surface area contributed by atoms with Crippen LogP contribution < -0.4 is 10.1 Å². The summed E-state index contributed by atoms with van der Waals surface area (Å²) in [5.74, 6) is -1.13. The Kier molecular flexibility index (Phi) is 6.26. The maximum Gasteiger partial charge on any atom is 0.342 e. The van der Waals surface area contributed by atoms with E-state index in [1.165, 1.54) is 25.3 Å². The Bertz CT molecular complexity index is 1180. The fourth-order valence-electron chi connectivity index (χ4n) is 3.14. The predicted octanol–water partition coefficient (Wildman–Crippen LogP) is 3.48. The summed E-state index contributed by atoms with van der Waals surface area (Å²) in [5.41, 5.74) is 2.52. The van der Waals surface area contributed by atoms with Gasteiger partial charge in [-0.05, 0) is 49.7 Å². The normalized spacial score (nSPS) is 10.3. The van der Waals surface area contributed by atoms with Gasteiger partial charge in [-0.15, -0.1) is 0 Å². The van der Waals surface area contributed by atoms with Crippen LogP contribution in [0.3, 0.4) is 0 Å². The third-order valence-corrected chi connectivity index (χ3v) is 4.86. The number of methoxy groups -OCH3 is 1. The molecular formula is C23H21N3O5. The Morgan fingerprint density at radius 1 is 1.16 bits per heavy atom. The highest BCUT2D eigenvalue weighted by atomic mass is 16.5. The van der Waals surface area contributed by atoms with Gasteiger partial charge < -0.3 is 19.9 Å². The van der Waals surface area contributed by atoms with Gasteiger partial charge in [0, 0.05) is 11.4 Å². The lowest BCUT2D eigenvalue weighted by molar-refractivity contribution is -0.119. The monoisotopic (exact) mass is 419 g/mol. The van der Waals surface area contributed by atoms with Gasteiger partial charge >= 0.3 is 5.97 Å². The van der Waals surface area contributed by atoms with Gasteiger partial charge in [-0.25, -0.2) is 4.79 Å². The van der Waals surface area contributed by atoms with Crippen LogP contribution in [0.1, 0.15) is 27.2 Å². The zero-order chi connectivity index (χ0) is 22.5. The SMILES string of the molecule is COc1ccc(O)c(C(=O)OCC(=O)Nc2c(C#N)c(C)c(C)n2-c2ccccc2)c1. The maximum atomic E-state index is 12.5. The Morgan fingerprint density at radius 2 is 1.87 bits per heavy atom. The fraction of sp³-hybridized carbons (Fsp3) is 0.174. The van der Waals surface area contributed by atoms with Crippen LogP contribution >= 0.6 is 0 Å². The van der Waals surface area contributed by atoms with Crippen LogP contribution in [0.15, 0.2) is 48.5 Å². The van der Waals surface area contributed by atoms with Crippen molar-refractivity contribution in [2.45, 2.75) is 13.8 Å². The predicted molar refractivity (Wildman–Crippen MR) is 114 cm³/mol. The number of ether oxygens (including phenoxy) is 2. The summed E-state index contributed by atoms with van der Waals surface area (Å²) in [6, 6.07) is 15.5. The molecule has 0 bridgehead atoms. The molecule has 0 radical (unpaired) electrons. The number of benzene rings is 2. The second-order valence-electron chi connectivity index (χ2n) is 6.72. The van der Waals surface area contributed by atoms with Gasteiger partial charge in [0.25, 0.3) is 5.91 Å². The lowest BCUT2D eigenvalue weighted by Gasteiger charge is -2.13. The quantitative estimate of drug-likeness (QED) is 0.592. The summed E-state index contributed by atoms with van der Waals surface area (Å²) >= 11 is 0. The van der Waals surface area contributed by atoms with E-state index in [0.29, 0.717) is 17.1 Å². The first kappa shape index (κ1) is 21.5. The minimum Gasteiger partial charge on any atom is -0.507 e. The van der Waals surface area contributed by atoms with Crippen LogP contribution in [0.2, 0.25) is 0 Å². The van der Waals surface area contributed by atoms with Gasteiger partial charge in [0.05, 0.1) is 12.7 Å². The van der Waals surface area contributed by atoms with Crippen molar-refractivity contribution in [1.29, 1.82) is 5.26 Å². The van der Waals surface area contributed by atoms with E-state index in [2.05, 4.69) is 11.4 Å². The molecule has 1 amide bonds. The molecule has 3 aromatic rings. The van der Waals surface area contributed by atoms with Gasteiger partial charge in [0.2, 0.25) is 0 Å². The molecule has 31 heavy (non-hydrogen) atoms. The number of hydrogen-bond donors (Lipinski definition) is 2. The van der Waals surface area contributed by atoms with Gasteiger partial charge in [0.15, 0.2) is 6.61 Å². The fourth-order valence-corrected chi connectivity index (χ4v) is 3.14. The number of amides is 1. The third kappa shape index (κ3) is 4.36. The number of aromatic nitrogens is 1. The topological polar surface area (TPSA) is 114 Å². The molecule has 8 nitrogen and oxygen atoms in total. The molecule has 0 aliphatic rings. The standard InChI is InChI=1S/C23H21N3O5/c1-14-15(2)26(16-7-5-4-6-8-16)22(19(14)12-24)25-21(28)13-31-23(29)18-11-17(30-3)9-10-20(18)27/h4-11,27H,13H2,1-3H3,(H,25,28). The molecule has 0 aliphatic heterocycles. The molecule has 2 N–H and O–H groups in total. The second-order valence-corrected chi connectivity index (χ2v) is 6.72. The van der Waals surface area contributed by atoms with Crippen LogP contribution in [-0.4, -0.2) is 35.3 Å². The number of para-hydroxylation sites is 1. The second kappa shape index (κ2) is 9.05. The smallest absolute Gasteiger partial charge is 0.342 e. The number of aromatic hydroxyl groups is 1. The Hall–Kier alpha value is -4.25. The van der Waals surface area contributed by atoms with Gasteiger partial charge in [-0.2, -0.15) is 5.26 Å². The molecular weight excluding hydrogens is 398 g/mol. The number of carbonyl (C=O) groups excluding carboxylic acids is 2. The molecule has 0 spiro atoms. The van der Waals surface area contributed by atoms with E-state index in [1.54, 1.807) is 11.5 Å². The minimum atomic E-state index is -0.877. The molecule has 0 saturated heterocycles. The molecule has 8 heteroatoms. The molecule has 1 aromatic heterocycles. The number of carbonyl (C=O) groups is 2. The molecule has 3 rings (SSSR count). The average molecular weight is 419 g/mol. The molecule has 1 heterocycles. The summed E-state index contributed by atoms with van der Waals surface area (Å²) in [7, 11) is 1.42. The molecule has 2 aromatic carbocycles. The van der Waals surface area contributed by atoms with Crippen molar-refractivity contribution in [1.82, 2.24) is 4.57 Å². The highest BCUT2D eigenvalue weighted by molar-refractivity contribution is 5.97. The summed E-state index contributed by atoms with van der Waals surface area (Å²) in [5, 5.41) is 22.1. The van der Waals surface area contributed by atoms with E-state index in [1.807, 2.05) is 37.3 Å². The van der Waals surface area contributed by atoms with Crippen molar-refractivity contribution in [3.63, 3.8) is 0 Å². The number of hydrogen-bond acceptors (Lipinski definition) is 6. The molecule has 0 atom stereocenters. The highest BCUT2D eigenvalue weighted by Crippen LogP contribution is 2.30. The molecule has 0 fully saturated rings. The summed E-state index contributed by atoms with van der Waals surface area (Å²) in [6.07, 6.45) is 0. The number of rotatable bonds is 6. The van der Waals surface area contributed by atoms with Crippen LogP contribution in [0, 0.1) is 25.2 Å². The first-order chi connectivity index (χ1) is 14.9. The van der Waals surface area contributed by atoms with E-state index < -0.39 is 18.5 Å². The number of esters is 1. The minimum absolute atomic E-state index is 0.121. The van der Waals surface area contributed by atoms with Crippen molar-refractivity contribution in [3.05, 3.63) is 70.9 Å². The van der Waals surface area contributed by atoms with E-state index in [4.69, 9.17) is 9.47 Å². The van der Waals surface area contributed by atoms with Crippen molar-refractivity contribution < 1.29 is 24.2 Å². The summed E-state index contributed by atoms with van der Waals surface area (Å²) in [6.45, 7) is 3.05. The van der Waals surface area contributed by atoms with Crippen LogP contribution in [-0.2, 0) is 9.53 Å². The van der Waals surface area contributed by atoms with Crippen molar-refractivity contribution in [2.75, 3.05) is 19.0 Å². The zero-order valence-electron chi connectivity index (χ0n) is 17.3. The van der Waals surface area contributed by atoms with Crippen LogP contribution in [0.5, 0.6) is 11.5 Å². The van der Waals surface area contributed by atoms with Crippen LogP contribution in [0.25, 0.3) is 5.69 Å². The Labute approximate surface area is 179 Å². The van der Waals surface area contributed by atoms with Gasteiger partial charge in [0.1, 0.15) is 28.9 Å². The van der Waals surface area contributed by atoms with Crippen molar-refractivity contribution >= 4 is 17.7 Å². The number of phenolic OH excluding ortho intramolecular Hbond substituents is 1. The van der Waals surface area contributed by atoms with Crippen LogP contribution in [0.4, 0.5) is 5.82 Å². The summed E-state index contributed by atoms with van der Waals surface area (Å²) < 4.78 is 11.8. The van der Waals surface area contributed by atoms with E-state index in [-0.39, 0.29) is 11.3 Å². The van der Waals surface area contributed by atoms with Gasteiger partial charge in [-0.1, -0.05) is 18.2 Å². The Balaban J connectivity index is 1.81. The van der Waals surface area contributed by atoms with E-state index in [0.717, 1.165) is 16.9 Å². The van der Waals surface area contributed by atoms with Crippen molar-refractivity contribution in [3.8, 4) is 23.3 Å². The number of nitrogens with one attached hydrogen (secondary N) is 1. The van der Waals surface area contributed by atoms with E-state index in [9.17, 15) is 20.0 Å². The lowest BCUT2D eigenvalue weighted by atomic mass is 10.2. The number of phenols is 1. The molecule has 0 saturated carbocycles. The molecule has 158 valence electrons. The number of nitrogens with zero attached hydrogens (tertiary/aromatic N) is 2. The average Bonchev–Trinajstić information content (AvgIpc) is 3.01. The first-order valence-electron chi connectivity index (χ1n) is 9.38. The zero-order valence-corrected chi connectivity index (χ0v) is 17.3. The largest absolute Gasteiger partial charge is 0.507 e. The number of nitriles is 1. The maximum absolute atomic E-state index is 12.5. The lowest BCUT2D eigenvalue weighted by Crippen LogP contribution is -2.23. The third-order valence-electron chi connectivity index (χ3n) is 4.86. The summed E-state index contributed by atoms with van der Waals surface area (Å²) in [4.78, 5) is 24.8.